The lowest BCUT2D eigenvalue weighted by molar-refractivity contribution is 0.0599. The van der Waals surface area contributed by atoms with E-state index in [-0.39, 0.29) is 17.8 Å². The fraction of sp³-hybridized carbons (Fsp3) is 0.389. The van der Waals surface area contributed by atoms with Gasteiger partial charge in [0.15, 0.2) is 0 Å². The summed E-state index contributed by atoms with van der Waals surface area (Å²) in [6.45, 7) is 4.17. The van der Waals surface area contributed by atoms with E-state index >= 15 is 0 Å². The molecule has 2 aromatic heterocycles. The number of piperidine rings is 1. The average molecular weight is 342 g/mol. The van der Waals surface area contributed by atoms with Crippen LogP contribution in [-0.4, -0.2) is 32.5 Å². The van der Waals surface area contributed by atoms with Gasteiger partial charge in [-0.2, -0.15) is 0 Å². The van der Waals surface area contributed by atoms with Crippen LogP contribution in [0, 0.1) is 19.7 Å². The highest BCUT2D eigenvalue weighted by molar-refractivity contribution is 5.96. The summed E-state index contributed by atoms with van der Waals surface area (Å²) in [5.74, 6) is 0.821. The summed E-state index contributed by atoms with van der Waals surface area (Å²) in [7, 11) is 0. The molecule has 3 heterocycles. The van der Waals surface area contributed by atoms with Crippen molar-refractivity contribution in [3.8, 4) is 0 Å². The number of halogens is 1. The van der Waals surface area contributed by atoms with Gasteiger partial charge < -0.3 is 14.4 Å². The van der Waals surface area contributed by atoms with Gasteiger partial charge in [-0.3, -0.25) is 4.79 Å². The Balaban J connectivity index is 1.72. The van der Waals surface area contributed by atoms with E-state index in [0.29, 0.717) is 40.4 Å². The molecular formula is C18H19FN4O2. The maximum Gasteiger partial charge on any atom is 0.259 e. The molecule has 0 spiro atoms. The molecule has 1 atom stereocenters. The van der Waals surface area contributed by atoms with Crippen LogP contribution in [0.3, 0.4) is 0 Å². The molecule has 1 saturated heterocycles. The second-order valence-electron chi connectivity index (χ2n) is 6.49. The SMILES string of the molecule is Cc1noc(C)c1C(=O)N1CCCC[C@H]1c1nc2ccc(F)cc2[nH]1. The predicted octanol–water partition coefficient (Wildman–Crippen LogP) is 3.67. The van der Waals surface area contributed by atoms with Gasteiger partial charge in [0.1, 0.15) is 23.0 Å². The molecule has 4 rings (SSSR count). The first-order chi connectivity index (χ1) is 12.0. The maximum absolute atomic E-state index is 13.4. The van der Waals surface area contributed by atoms with Crippen molar-refractivity contribution in [3.63, 3.8) is 0 Å². The van der Waals surface area contributed by atoms with Crippen molar-refractivity contribution in [1.82, 2.24) is 20.0 Å². The second-order valence-corrected chi connectivity index (χ2v) is 6.49. The number of rotatable bonds is 2. The fourth-order valence-corrected chi connectivity index (χ4v) is 3.55. The molecule has 1 amide bonds. The van der Waals surface area contributed by atoms with E-state index in [9.17, 15) is 9.18 Å². The lowest BCUT2D eigenvalue weighted by Gasteiger charge is -2.34. The Kier molecular flexibility index (Phi) is 3.78. The van der Waals surface area contributed by atoms with Gasteiger partial charge in [0.25, 0.3) is 5.91 Å². The van der Waals surface area contributed by atoms with Gasteiger partial charge in [-0.05, 0) is 51.3 Å². The zero-order valence-electron chi connectivity index (χ0n) is 14.2. The van der Waals surface area contributed by atoms with Crippen LogP contribution in [0.5, 0.6) is 0 Å². The molecule has 0 bridgehead atoms. The molecule has 0 radical (unpaired) electrons. The van der Waals surface area contributed by atoms with Crippen LogP contribution < -0.4 is 0 Å². The number of fused-ring (bicyclic) bond motifs is 1. The Hall–Kier alpha value is -2.70. The van der Waals surface area contributed by atoms with Crippen molar-refractivity contribution < 1.29 is 13.7 Å². The summed E-state index contributed by atoms with van der Waals surface area (Å²) in [5, 5.41) is 3.89. The molecule has 1 aliphatic heterocycles. The minimum Gasteiger partial charge on any atom is -0.361 e. The third-order valence-electron chi connectivity index (χ3n) is 4.79. The van der Waals surface area contributed by atoms with E-state index in [0.717, 1.165) is 19.3 Å². The lowest BCUT2D eigenvalue weighted by atomic mass is 10.00. The number of aromatic amines is 1. The number of imidazole rings is 1. The van der Waals surface area contributed by atoms with Crippen LogP contribution in [0.15, 0.2) is 22.7 Å². The van der Waals surface area contributed by atoms with Crippen molar-refractivity contribution in [2.75, 3.05) is 6.54 Å². The number of H-pyrrole nitrogens is 1. The topological polar surface area (TPSA) is 75.0 Å². The third kappa shape index (κ3) is 2.69. The van der Waals surface area contributed by atoms with E-state index in [4.69, 9.17) is 4.52 Å². The van der Waals surface area contributed by atoms with Gasteiger partial charge >= 0.3 is 0 Å². The summed E-state index contributed by atoms with van der Waals surface area (Å²) in [4.78, 5) is 22.7. The molecule has 3 aromatic rings. The number of hydrogen-bond donors (Lipinski definition) is 1. The fourth-order valence-electron chi connectivity index (χ4n) is 3.55. The molecule has 1 aliphatic rings. The summed E-state index contributed by atoms with van der Waals surface area (Å²) in [5.41, 5.74) is 2.46. The third-order valence-corrected chi connectivity index (χ3v) is 4.79. The molecular weight excluding hydrogens is 323 g/mol. The van der Waals surface area contributed by atoms with E-state index in [1.807, 2.05) is 4.90 Å². The molecule has 0 aliphatic carbocycles. The number of aromatic nitrogens is 3. The Morgan fingerprint density at radius 1 is 1.36 bits per heavy atom. The number of benzene rings is 1. The Bertz CT molecular complexity index is 926. The van der Waals surface area contributed by atoms with Gasteiger partial charge in [-0.25, -0.2) is 9.37 Å². The maximum atomic E-state index is 13.4. The molecule has 130 valence electrons. The van der Waals surface area contributed by atoms with Crippen LogP contribution in [0.2, 0.25) is 0 Å². The Morgan fingerprint density at radius 3 is 2.96 bits per heavy atom. The second kappa shape index (κ2) is 5.98. The highest BCUT2D eigenvalue weighted by Crippen LogP contribution is 2.32. The van der Waals surface area contributed by atoms with Gasteiger partial charge in [-0.15, -0.1) is 0 Å². The van der Waals surface area contributed by atoms with E-state index < -0.39 is 0 Å². The molecule has 25 heavy (non-hydrogen) atoms. The highest BCUT2D eigenvalue weighted by Gasteiger charge is 2.33. The van der Waals surface area contributed by atoms with Crippen LogP contribution >= 0.6 is 0 Å². The number of likely N-dealkylation sites (tertiary alicyclic amines) is 1. The van der Waals surface area contributed by atoms with Crippen molar-refractivity contribution in [3.05, 3.63) is 46.9 Å². The van der Waals surface area contributed by atoms with Crippen molar-refractivity contribution in [2.24, 2.45) is 0 Å². The zero-order valence-corrected chi connectivity index (χ0v) is 14.2. The van der Waals surface area contributed by atoms with Crippen LogP contribution in [-0.2, 0) is 0 Å². The van der Waals surface area contributed by atoms with E-state index in [2.05, 4.69) is 15.1 Å². The first-order valence-corrected chi connectivity index (χ1v) is 8.43. The monoisotopic (exact) mass is 342 g/mol. The van der Waals surface area contributed by atoms with Crippen LogP contribution in [0.1, 0.15) is 52.9 Å². The largest absolute Gasteiger partial charge is 0.361 e. The van der Waals surface area contributed by atoms with Crippen molar-refractivity contribution in [2.45, 2.75) is 39.2 Å². The van der Waals surface area contributed by atoms with E-state index in [1.165, 1.54) is 12.1 Å². The number of hydrogen-bond acceptors (Lipinski definition) is 4. The van der Waals surface area contributed by atoms with Crippen molar-refractivity contribution >= 4 is 16.9 Å². The molecule has 0 saturated carbocycles. The first-order valence-electron chi connectivity index (χ1n) is 8.43. The smallest absolute Gasteiger partial charge is 0.259 e. The minimum absolute atomic E-state index is 0.0902. The number of nitrogens with zero attached hydrogens (tertiary/aromatic N) is 3. The normalized spacial score (nSPS) is 18.0. The van der Waals surface area contributed by atoms with Crippen LogP contribution in [0.4, 0.5) is 4.39 Å². The average Bonchev–Trinajstić information content (AvgIpc) is 3.17. The summed E-state index contributed by atoms with van der Waals surface area (Å²) in [6.07, 6.45) is 2.78. The number of carbonyl (C=O) groups excluding carboxylic acids is 1. The molecule has 0 unspecified atom stereocenters. The number of aryl methyl sites for hydroxylation is 2. The highest BCUT2D eigenvalue weighted by atomic mass is 19.1. The molecule has 1 N–H and O–H groups in total. The summed E-state index contributed by atoms with van der Waals surface area (Å²) >= 11 is 0. The van der Waals surface area contributed by atoms with Gasteiger partial charge in [-0.1, -0.05) is 5.16 Å². The van der Waals surface area contributed by atoms with Gasteiger partial charge in [0.2, 0.25) is 0 Å². The Labute approximate surface area is 144 Å². The molecule has 1 aromatic carbocycles. The molecule has 7 heteroatoms. The summed E-state index contributed by atoms with van der Waals surface area (Å²) in [6, 6.07) is 4.30. The Morgan fingerprint density at radius 2 is 2.20 bits per heavy atom. The molecule has 1 fully saturated rings. The van der Waals surface area contributed by atoms with Gasteiger partial charge in [0, 0.05) is 6.54 Å². The number of nitrogens with one attached hydrogen (secondary N) is 1. The van der Waals surface area contributed by atoms with Crippen LogP contribution in [0.25, 0.3) is 11.0 Å². The predicted molar refractivity (Wildman–Crippen MR) is 89.7 cm³/mol. The minimum atomic E-state index is -0.310. The first kappa shape index (κ1) is 15.8. The van der Waals surface area contributed by atoms with Crippen molar-refractivity contribution in [1.29, 1.82) is 0 Å². The number of amides is 1. The zero-order chi connectivity index (χ0) is 17.6. The molecule has 6 nitrogen and oxygen atoms in total. The lowest BCUT2D eigenvalue weighted by Crippen LogP contribution is -2.39. The number of carbonyl (C=O) groups is 1. The van der Waals surface area contributed by atoms with Gasteiger partial charge in [0.05, 0.1) is 22.8 Å². The quantitative estimate of drug-likeness (QED) is 0.771. The standard InChI is InChI=1S/C18H19FN4O2/c1-10-16(11(2)25-22-10)18(24)23-8-4-3-5-15(23)17-20-13-7-6-12(19)9-14(13)21-17/h6-7,9,15H,3-5,8H2,1-2H3,(H,20,21)/t15-/m0/s1. The van der Waals surface area contributed by atoms with E-state index in [1.54, 1.807) is 19.9 Å². The summed E-state index contributed by atoms with van der Waals surface area (Å²) < 4.78 is 18.6.